The van der Waals surface area contributed by atoms with E-state index < -0.39 is 18.1 Å². The number of aliphatic carboxylic acids is 1. The Morgan fingerprint density at radius 2 is 1.53 bits per heavy atom. The second-order valence-corrected chi connectivity index (χ2v) is 7.32. The molecule has 2 N–H and O–H groups in total. The highest BCUT2D eigenvalue weighted by molar-refractivity contribution is 5.83. The van der Waals surface area contributed by atoms with Gasteiger partial charge in [-0.15, -0.1) is 0 Å². The van der Waals surface area contributed by atoms with Gasteiger partial charge in [0.25, 0.3) is 0 Å². The van der Waals surface area contributed by atoms with Crippen molar-refractivity contribution in [2.24, 2.45) is 0 Å². The molecule has 4 rings (SSSR count). The Bertz CT molecular complexity index is 1110. The van der Waals surface area contributed by atoms with Crippen molar-refractivity contribution in [1.29, 1.82) is 0 Å². The first-order valence-corrected chi connectivity index (χ1v) is 10.1. The molecule has 0 aromatic heterocycles. The highest BCUT2D eigenvalue weighted by Crippen LogP contribution is 2.44. The maximum absolute atomic E-state index is 12.6. The van der Waals surface area contributed by atoms with Gasteiger partial charge in [0.15, 0.2) is 17.5 Å². The number of rotatable bonds is 7. The number of para-hydroxylation sites is 1. The van der Waals surface area contributed by atoms with Crippen molar-refractivity contribution in [2.45, 2.75) is 12.0 Å². The van der Waals surface area contributed by atoms with E-state index in [4.69, 9.17) is 14.2 Å². The molecule has 164 valence electrons. The number of carbonyl (C=O) groups excluding carboxylic acids is 1. The van der Waals surface area contributed by atoms with Gasteiger partial charge in [-0.2, -0.15) is 0 Å². The van der Waals surface area contributed by atoms with Gasteiger partial charge in [0, 0.05) is 11.5 Å². The van der Waals surface area contributed by atoms with Gasteiger partial charge < -0.3 is 24.6 Å². The van der Waals surface area contributed by atoms with E-state index in [2.05, 4.69) is 5.32 Å². The Hall–Kier alpha value is -4.00. The maximum Gasteiger partial charge on any atom is 0.408 e. The molecule has 0 radical (unpaired) electrons. The van der Waals surface area contributed by atoms with Crippen LogP contribution in [0.5, 0.6) is 11.5 Å². The number of hydrogen-bond donors (Lipinski definition) is 2. The van der Waals surface area contributed by atoms with Crippen molar-refractivity contribution in [2.75, 3.05) is 20.8 Å². The second kappa shape index (κ2) is 9.01. The molecule has 1 atom stereocenters. The summed E-state index contributed by atoms with van der Waals surface area (Å²) in [4.78, 5) is 24.5. The zero-order chi connectivity index (χ0) is 22.7. The fraction of sp³-hybridized carbons (Fsp3) is 0.200. The van der Waals surface area contributed by atoms with E-state index in [0.717, 1.165) is 22.3 Å². The number of carboxylic acids is 1. The molecule has 0 spiro atoms. The van der Waals surface area contributed by atoms with Crippen LogP contribution in [0.25, 0.3) is 11.1 Å². The molecule has 1 amide bonds. The van der Waals surface area contributed by atoms with E-state index in [-0.39, 0.29) is 23.8 Å². The number of carbonyl (C=O) groups is 2. The van der Waals surface area contributed by atoms with E-state index in [1.54, 1.807) is 18.2 Å². The van der Waals surface area contributed by atoms with Crippen molar-refractivity contribution < 1.29 is 28.9 Å². The van der Waals surface area contributed by atoms with E-state index in [1.807, 2.05) is 48.5 Å². The number of benzene rings is 3. The molecule has 0 aliphatic heterocycles. The molecular formula is C25H23NO6. The van der Waals surface area contributed by atoms with Gasteiger partial charge in [-0.1, -0.05) is 60.7 Å². The first-order valence-electron chi connectivity index (χ1n) is 10.1. The third kappa shape index (κ3) is 3.85. The van der Waals surface area contributed by atoms with Gasteiger partial charge >= 0.3 is 12.1 Å². The van der Waals surface area contributed by atoms with Crippen LogP contribution < -0.4 is 14.8 Å². The Kier molecular flexibility index (Phi) is 5.98. The smallest absolute Gasteiger partial charge is 0.408 e. The number of ether oxygens (including phenoxy) is 3. The van der Waals surface area contributed by atoms with Gasteiger partial charge in [-0.05, 0) is 28.3 Å². The summed E-state index contributed by atoms with van der Waals surface area (Å²) in [7, 11) is 2.87. The number of nitrogens with one attached hydrogen (secondary N) is 1. The van der Waals surface area contributed by atoms with Crippen LogP contribution in [0.4, 0.5) is 4.79 Å². The molecule has 7 heteroatoms. The molecule has 32 heavy (non-hydrogen) atoms. The fourth-order valence-electron chi connectivity index (χ4n) is 4.17. The molecule has 3 aromatic rings. The van der Waals surface area contributed by atoms with Crippen molar-refractivity contribution in [3.05, 3.63) is 83.4 Å². The van der Waals surface area contributed by atoms with Crippen molar-refractivity contribution in [3.8, 4) is 22.6 Å². The van der Waals surface area contributed by atoms with Gasteiger partial charge in [0.2, 0.25) is 0 Å². The third-order valence-electron chi connectivity index (χ3n) is 5.60. The van der Waals surface area contributed by atoms with Crippen LogP contribution >= 0.6 is 0 Å². The lowest BCUT2D eigenvalue weighted by Gasteiger charge is -2.20. The predicted molar refractivity (Wildman–Crippen MR) is 118 cm³/mol. The van der Waals surface area contributed by atoms with Crippen molar-refractivity contribution in [3.63, 3.8) is 0 Å². The highest BCUT2D eigenvalue weighted by Gasteiger charge is 2.31. The molecule has 0 heterocycles. The molecule has 0 saturated carbocycles. The normalized spacial score (nSPS) is 12.9. The summed E-state index contributed by atoms with van der Waals surface area (Å²) in [6.07, 6.45) is -0.830. The number of methoxy groups -OCH3 is 2. The van der Waals surface area contributed by atoms with Crippen LogP contribution in [0.3, 0.4) is 0 Å². The standard InChI is InChI=1S/C25H23NO6/c1-30-21-13-7-12-19(23(21)31-2)22(24(27)28)26-25(29)32-14-20-17-10-5-3-8-15(17)16-9-4-6-11-18(16)20/h3-13,20,22H,14H2,1-2H3,(H,26,29)(H,27,28)/t22-/m1/s1. The zero-order valence-corrected chi connectivity index (χ0v) is 17.7. The zero-order valence-electron chi connectivity index (χ0n) is 17.7. The van der Waals surface area contributed by atoms with Crippen molar-refractivity contribution >= 4 is 12.1 Å². The Morgan fingerprint density at radius 3 is 2.09 bits per heavy atom. The summed E-state index contributed by atoms with van der Waals surface area (Å²) in [5.74, 6) is -0.764. The maximum atomic E-state index is 12.6. The van der Waals surface area contributed by atoms with Gasteiger partial charge in [-0.3, -0.25) is 0 Å². The van der Waals surface area contributed by atoms with Gasteiger partial charge in [0.05, 0.1) is 14.2 Å². The molecule has 0 fully saturated rings. The molecular weight excluding hydrogens is 410 g/mol. The average Bonchev–Trinajstić information content (AvgIpc) is 3.14. The minimum absolute atomic E-state index is 0.0848. The van der Waals surface area contributed by atoms with Crippen LogP contribution in [-0.4, -0.2) is 38.0 Å². The molecule has 7 nitrogen and oxygen atoms in total. The molecule has 3 aromatic carbocycles. The SMILES string of the molecule is COc1cccc([C@@H](NC(=O)OCC2c3ccccc3-c3ccccc32)C(=O)O)c1OC. The summed E-state index contributed by atoms with van der Waals surface area (Å²) in [5.41, 5.74) is 4.63. The Morgan fingerprint density at radius 1 is 0.906 bits per heavy atom. The number of hydrogen-bond acceptors (Lipinski definition) is 5. The predicted octanol–water partition coefficient (Wildman–Crippen LogP) is 4.37. The van der Waals surface area contributed by atoms with E-state index in [9.17, 15) is 14.7 Å². The second-order valence-electron chi connectivity index (χ2n) is 7.32. The number of fused-ring (bicyclic) bond motifs is 3. The Balaban J connectivity index is 1.52. The molecule has 0 unspecified atom stereocenters. The van der Waals surface area contributed by atoms with Gasteiger partial charge in [-0.25, -0.2) is 9.59 Å². The van der Waals surface area contributed by atoms with Crippen LogP contribution in [-0.2, 0) is 9.53 Å². The van der Waals surface area contributed by atoms with Crippen molar-refractivity contribution in [1.82, 2.24) is 5.32 Å². The monoisotopic (exact) mass is 433 g/mol. The van der Waals surface area contributed by atoms with Crippen LogP contribution in [0.1, 0.15) is 28.7 Å². The minimum atomic E-state index is -1.37. The lowest BCUT2D eigenvalue weighted by atomic mass is 9.98. The first kappa shape index (κ1) is 21.2. The summed E-state index contributed by atoms with van der Waals surface area (Å²) < 4.78 is 16.0. The van der Waals surface area contributed by atoms with E-state index in [1.165, 1.54) is 14.2 Å². The summed E-state index contributed by atoms with van der Waals surface area (Å²) in [6.45, 7) is 0.0848. The topological polar surface area (TPSA) is 94.1 Å². The quantitative estimate of drug-likeness (QED) is 0.575. The number of carboxylic acid groups (broad SMARTS) is 1. The summed E-state index contributed by atoms with van der Waals surface area (Å²) in [5, 5.41) is 12.2. The van der Waals surface area contributed by atoms with Crippen LogP contribution in [0, 0.1) is 0 Å². The van der Waals surface area contributed by atoms with E-state index in [0.29, 0.717) is 5.75 Å². The number of amides is 1. The van der Waals surface area contributed by atoms with Gasteiger partial charge in [0.1, 0.15) is 6.61 Å². The molecule has 1 aliphatic rings. The van der Waals surface area contributed by atoms with E-state index >= 15 is 0 Å². The molecule has 0 saturated heterocycles. The lowest BCUT2D eigenvalue weighted by molar-refractivity contribution is -0.139. The summed E-state index contributed by atoms with van der Waals surface area (Å²) >= 11 is 0. The van der Waals surface area contributed by atoms with Crippen LogP contribution in [0.2, 0.25) is 0 Å². The summed E-state index contributed by atoms with van der Waals surface area (Å²) in [6, 6.07) is 19.5. The highest BCUT2D eigenvalue weighted by atomic mass is 16.5. The molecule has 0 bridgehead atoms. The average molecular weight is 433 g/mol. The molecule has 1 aliphatic carbocycles. The third-order valence-corrected chi connectivity index (χ3v) is 5.60. The largest absolute Gasteiger partial charge is 0.493 e. The lowest BCUT2D eigenvalue weighted by Crippen LogP contribution is -2.35. The number of alkyl carbamates (subject to hydrolysis) is 1. The first-order chi connectivity index (χ1) is 15.5. The Labute approximate surface area is 185 Å². The fourth-order valence-corrected chi connectivity index (χ4v) is 4.17. The van der Waals surface area contributed by atoms with Crippen LogP contribution in [0.15, 0.2) is 66.7 Å². The minimum Gasteiger partial charge on any atom is -0.493 e.